The maximum Gasteiger partial charge on any atom is 0.227 e. The summed E-state index contributed by atoms with van der Waals surface area (Å²) >= 11 is 0. The monoisotopic (exact) mass is 445 g/mol. The number of carbonyl (C=O) groups is 1. The maximum absolute atomic E-state index is 14.2. The van der Waals surface area contributed by atoms with E-state index in [4.69, 9.17) is 0 Å². The van der Waals surface area contributed by atoms with Crippen LogP contribution in [-0.4, -0.2) is 40.3 Å². The molecule has 4 nitrogen and oxygen atoms in total. The van der Waals surface area contributed by atoms with Crippen molar-refractivity contribution < 1.29 is 9.18 Å². The van der Waals surface area contributed by atoms with Gasteiger partial charge in [0, 0.05) is 32.0 Å². The Morgan fingerprint density at radius 1 is 1.03 bits per heavy atom. The van der Waals surface area contributed by atoms with Crippen molar-refractivity contribution in [2.24, 2.45) is 5.92 Å². The SMILES string of the molecule is Cc1ccccc1CN1CCC(CN(Cc2cccnc2)C(=O)Cc2ccccc2F)CC1. The molecule has 1 aliphatic heterocycles. The smallest absolute Gasteiger partial charge is 0.227 e. The van der Waals surface area contributed by atoms with Crippen molar-refractivity contribution in [1.82, 2.24) is 14.8 Å². The molecule has 33 heavy (non-hydrogen) atoms. The first-order chi connectivity index (χ1) is 16.1. The molecule has 0 spiro atoms. The third-order valence-corrected chi connectivity index (χ3v) is 6.59. The van der Waals surface area contributed by atoms with E-state index in [-0.39, 0.29) is 18.1 Å². The third-order valence-electron chi connectivity index (χ3n) is 6.59. The molecule has 1 aromatic heterocycles. The number of halogens is 1. The summed E-state index contributed by atoms with van der Waals surface area (Å²) in [6.07, 6.45) is 5.73. The Kier molecular flexibility index (Phi) is 7.84. The molecule has 0 N–H and O–H groups in total. The highest BCUT2D eigenvalue weighted by Crippen LogP contribution is 2.22. The number of likely N-dealkylation sites (tertiary alicyclic amines) is 1. The van der Waals surface area contributed by atoms with Crippen LogP contribution < -0.4 is 0 Å². The molecule has 0 bridgehead atoms. The Bertz CT molecular complexity index is 1050. The van der Waals surface area contributed by atoms with Crippen LogP contribution >= 0.6 is 0 Å². The van der Waals surface area contributed by atoms with E-state index in [0.29, 0.717) is 24.6 Å². The molecule has 2 heterocycles. The Morgan fingerprint density at radius 3 is 2.45 bits per heavy atom. The van der Waals surface area contributed by atoms with Crippen molar-refractivity contribution in [1.29, 1.82) is 0 Å². The summed E-state index contributed by atoms with van der Waals surface area (Å²) in [6.45, 7) is 6.40. The molecule has 1 fully saturated rings. The van der Waals surface area contributed by atoms with Gasteiger partial charge in [-0.1, -0.05) is 48.5 Å². The van der Waals surface area contributed by atoms with Gasteiger partial charge in [-0.25, -0.2) is 4.39 Å². The van der Waals surface area contributed by atoms with Crippen LogP contribution in [0.3, 0.4) is 0 Å². The first kappa shape index (κ1) is 23.1. The third kappa shape index (κ3) is 6.48. The number of hydrogen-bond donors (Lipinski definition) is 0. The van der Waals surface area contributed by atoms with E-state index in [0.717, 1.165) is 38.0 Å². The molecule has 1 amide bonds. The van der Waals surface area contributed by atoms with E-state index in [1.807, 2.05) is 17.0 Å². The maximum atomic E-state index is 14.2. The lowest BCUT2D eigenvalue weighted by atomic mass is 9.95. The predicted molar refractivity (Wildman–Crippen MR) is 129 cm³/mol. The van der Waals surface area contributed by atoms with E-state index < -0.39 is 0 Å². The zero-order valence-electron chi connectivity index (χ0n) is 19.3. The van der Waals surface area contributed by atoms with Gasteiger partial charge in [0.05, 0.1) is 6.42 Å². The van der Waals surface area contributed by atoms with Crippen molar-refractivity contribution in [3.05, 3.63) is 101 Å². The van der Waals surface area contributed by atoms with Gasteiger partial charge < -0.3 is 4.90 Å². The van der Waals surface area contributed by atoms with Gasteiger partial charge in [0.15, 0.2) is 0 Å². The van der Waals surface area contributed by atoms with Gasteiger partial charge in [-0.15, -0.1) is 0 Å². The van der Waals surface area contributed by atoms with Crippen LogP contribution in [0.5, 0.6) is 0 Å². The van der Waals surface area contributed by atoms with E-state index in [9.17, 15) is 9.18 Å². The number of rotatable bonds is 8. The fourth-order valence-electron chi connectivity index (χ4n) is 4.55. The molecule has 2 aromatic carbocycles. The second-order valence-corrected chi connectivity index (χ2v) is 9.05. The van der Waals surface area contributed by atoms with Crippen molar-refractivity contribution >= 4 is 5.91 Å². The minimum Gasteiger partial charge on any atom is -0.338 e. The van der Waals surface area contributed by atoms with Crippen LogP contribution in [0, 0.1) is 18.7 Å². The number of nitrogens with zero attached hydrogens (tertiary/aromatic N) is 3. The number of carbonyl (C=O) groups excluding carboxylic acids is 1. The van der Waals surface area contributed by atoms with E-state index >= 15 is 0 Å². The minimum atomic E-state index is -0.323. The molecular weight excluding hydrogens is 413 g/mol. The summed E-state index contributed by atoms with van der Waals surface area (Å²) < 4.78 is 14.2. The summed E-state index contributed by atoms with van der Waals surface area (Å²) in [5.41, 5.74) is 4.17. The van der Waals surface area contributed by atoms with E-state index in [2.05, 4.69) is 41.1 Å². The number of aryl methyl sites for hydroxylation is 1. The molecule has 0 unspecified atom stereocenters. The molecule has 0 atom stereocenters. The van der Waals surface area contributed by atoms with Crippen LogP contribution in [0.25, 0.3) is 0 Å². The van der Waals surface area contributed by atoms with Crippen LogP contribution in [0.4, 0.5) is 4.39 Å². The molecule has 1 aliphatic rings. The van der Waals surface area contributed by atoms with Crippen LogP contribution in [0.1, 0.15) is 35.1 Å². The van der Waals surface area contributed by atoms with Gasteiger partial charge >= 0.3 is 0 Å². The van der Waals surface area contributed by atoms with Gasteiger partial charge in [0.25, 0.3) is 0 Å². The Morgan fingerprint density at radius 2 is 1.76 bits per heavy atom. The zero-order valence-corrected chi connectivity index (χ0v) is 19.3. The average Bonchev–Trinajstić information content (AvgIpc) is 2.83. The lowest BCUT2D eigenvalue weighted by Crippen LogP contribution is -2.41. The van der Waals surface area contributed by atoms with Gasteiger partial charge in [-0.3, -0.25) is 14.7 Å². The number of amides is 1. The Hall–Kier alpha value is -3.05. The summed E-state index contributed by atoms with van der Waals surface area (Å²) in [7, 11) is 0. The number of piperidine rings is 1. The normalized spacial score (nSPS) is 14.8. The molecule has 0 saturated carbocycles. The lowest BCUT2D eigenvalue weighted by Gasteiger charge is -2.35. The fourth-order valence-corrected chi connectivity index (χ4v) is 4.55. The molecule has 0 radical (unpaired) electrons. The summed E-state index contributed by atoms with van der Waals surface area (Å²) in [5.74, 6) is 0.0855. The van der Waals surface area contributed by atoms with Gasteiger partial charge in [-0.2, -0.15) is 0 Å². The van der Waals surface area contributed by atoms with Gasteiger partial charge in [0.2, 0.25) is 5.91 Å². The molecule has 172 valence electrons. The number of hydrogen-bond acceptors (Lipinski definition) is 3. The Labute approximate surface area is 196 Å². The minimum absolute atomic E-state index is 0.0358. The first-order valence-corrected chi connectivity index (χ1v) is 11.8. The van der Waals surface area contributed by atoms with Crippen molar-refractivity contribution in [3.63, 3.8) is 0 Å². The lowest BCUT2D eigenvalue weighted by molar-refractivity contribution is -0.132. The molecule has 3 aromatic rings. The van der Waals surface area contributed by atoms with Crippen molar-refractivity contribution in [2.75, 3.05) is 19.6 Å². The number of pyridine rings is 1. The largest absolute Gasteiger partial charge is 0.338 e. The average molecular weight is 446 g/mol. The predicted octanol–water partition coefficient (Wildman–Crippen LogP) is 5.01. The summed E-state index contributed by atoms with van der Waals surface area (Å²) in [5, 5.41) is 0. The van der Waals surface area contributed by atoms with Crippen molar-refractivity contribution in [3.8, 4) is 0 Å². The Balaban J connectivity index is 1.38. The second kappa shape index (κ2) is 11.2. The van der Waals surface area contributed by atoms with E-state index in [1.165, 1.54) is 17.2 Å². The molecular formula is C28H32FN3O. The van der Waals surface area contributed by atoms with Crippen LogP contribution in [0.15, 0.2) is 73.1 Å². The summed E-state index contributed by atoms with van der Waals surface area (Å²) in [4.78, 5) is 21.8. The van der Waals surface area contributed by atoms with Crippen LogP contribution in [-0.2, 0) is 24.3 Å². The van der Waals surface area contributed by atoms with Gasteiger partial charge in [-0.05, 0) is 73.2 Å². The topological polar surface area (TPSA) is 36.4 Å². The molecule has 5 heteroatoms. The van der Waals surface area contributed by atoms with Crippen LogP contribution in [0.2, 0.25) is 0 Å². The number of aromatic nitrogens is 1. The van der Waals surface area contributed by atoms with Gasteiger partial charge in [0.1, 0.15) is 5.82 Å². The highest BCUT2D eigenvalue weighted by molar-refractivity contribution is 5.78. The highest BCUT2D eigenvalue weighted by atomic mass is 19.1. The molecule has 4 rings (SSSR count). The van der Waals surface area contributed by atoms with Crippen molar-refractivity contribution in [2.45, 2.75) is 39.3 Å². The standard InChI is InChI=1S/C28H32FN3O/c1-22-7-2-3-10-26(22)21-31-15-12-23(13-16-31)19-32(20-24-8-6-14-30-18-24)28(33)17-25-9-4-5-11-27(25)29/h2-11,14,18,23H,12-13,15-17,19-21H2,1H3. The second-order valence-electron chi connectivity index (χ2n) is 9.05. The number of benzene rings is 2. The highest BCUT2D eigenvalue weighted by Gasteiger charge is 2.25. The quantitative estimate of drug-likeness (QED) is 0.489. The zero-order chi connectivity index (χ0) is 23.0. The molecule has 1 saturated heterocycles. The molecule has 0 aliphatic carbocycles. The summed E-state index contributed by atoms with van der Waals surface area (Å²) in [6, 6.07) is 19.0. The first-order valence-electron chi connectivity index (χ1n) is 11.8. The van der Waals surface area contributed by atoms with E-state index in [1.54, 1.807) is 30.6 Å². The fraction of sp³-hybridized carbons (Fsp3) is 0.357.